The predicted molar refractivity (Wildman–Crippen MR) is 79.1 cm³/mol. The molecule has 1 saturated carbocycles. The van der Waals surface area contributed by atoms with E-state index in [0.29, 0.717) is 6.04 Å². The molecule has 1 aromatic heterocycles. The van der Waals surface area contributed by atoms with E-state index in [-0.39, 0.29) is 0 Å². The van der Waals surface area contributed by atoms with Crippen molar-refractivity contribution in [1.29, 1.82) is 0 Å². The fraction of sp³-hybridized carbons (Fsp3) is 0.333. The van der Waals surface area contributed by atoms with Crippen LogP contribution in [0.3, 0.4) is 0 Å². The van der Waals surface area contributed by atoms with Gasteiger partial charge in [-0.05, 0) is 59.9 Å². The standard InChI is InChI=1S/C15H18N2S/c1-11-2-5-15(14(16)8-11)17(13-3-4-13)9-12-6-7-18-10-12/h2,5-8,10,13H,3-4,9,16H2,1H3. The average Bonchev–Trinajstić information content (AvgIpc) is 3.05. The van der Waals surface area contributed by atoms with Crippen molar-refractivity contribution in [2.24, 2.45) is 0 Å². The third kappa shape index (κ3) is 2.36. The zero-order valence-electron chi connectivity index (χ0n) is 10.6. The molecule has 3 heteroatoms. The van der Waals surface area contributed by atoms with E-state index in [1.54, 1.807) is 11.3 Å². The third-order valence-corrected chi connectivity index (χ3v) is 4.15. The molecule has 1 fully saturated rings. The molecule has 0 aliphatic heterocycles. The van der Waals surface area contributed by atoms with E-state index in [0.717, 1.165) is 12.2 Å². The molecule has 0 radical (unpaired) electrons. The van der Waals surface area contributed by atoms with Gasteiger partial charge in [-0.15, -0.1) is 0 Å². The number of hydrogen-bond donors (Lipinski definition) is 1. The second-order valence-corrected chi connectivity index (χ2v) is 5.83. The molecule has 1 heterocycles. The van der Waals surface area contributed by atoms with Crippen LogP contribution in [0.25, 0.3) is 0 Å². The molecule has 2 N–H and O–H groups in total. The summed E-state index contributed by atoms with van der Waals surface area (Å²) in [5, 5.41) is 4.36. The van der Waals surface area contributed by atoms with Crippen LogP contribution >= 0.6 is 11.3 Å². The van der Waals surface area contributed by atoms with Crippen LogP contribution < -0.4 is 10.6 Å². The Labute approximate surface area is 112 Å². The fourth-order valence-corrected chi connectivity index (χ4v) is 2.97. The molecule has 0 amide bonds. The molecule has 0 atom stereocenters. The summed E-state index contributed by atoms with van der Waals surface area (Å²) in [6.45, 7) is 3.06. The molecule has 1 aliphatic rings. The number of aryl methyl sites for hydroxylation is 1. The summed E-state index contributed by atoms with van der Waals surface area (Å²) in [5.41, 5.74) is 10.9. The average molecular weight is 258 g/mol. The van der Waals surface area contributed by atoms with Gasteiger partial charge in [0.2, 0.25) is 0 Å². The minimum absolute atomic E-state index is 0.676. The number of hydrogen-bond acceptors (Lipinski definition) is 3. The Morgan fingerprint density at radius 1 is 1.33 bits per heavy atom. The van der Waals surface area contributed by atoms with Crippen molar-refractivity contribution in [2.45, 2.75) is 32.4 Å². The molecule has 0 spiro atoms. The lowest BCUT2D eigenvalue weighted by Crippen LogP contribution is -2.25. The van der Waals surface area contributed by atoms with Gasteiger partial charge in [-0.1, -0.05) is 6.07 Å². The van der Waals surface area contributed by atoms with Crippen molar-refractivity contribution < 1.29 is 0 Å². The van der Waals surface area contributed by atoms with Crippen molar-refractivity contribution in [1.82, 2.24) is 0 Å². The lowest BCUT2D eigenvalue weighted by molar-refractivity contribution is 0.798. The molecular weight excluding hydrogens is 240 g/mol. The Balaban J connectivity index is 1.89. The summed E-state index contributed by atoms with van der Waals surface area (Å²) in [7, 11) is 0. The maximum Gasteiger partial charge on any atom is 0.0605 e. The zero-order chi connectivity index (χ0) is 12.5. The monoisotopic (exact) mass is 258 g/mol. The van der Waals surface area contributed by atoms with Crippen molar-refractivity contribution in [3.63, 3.8) is 0 Å². The maximum absolute atomic E-state index is 6.18. The van der Waals surface area contributed by atoms with Gasteiger partial charge in [-0.3, -0.25) is 0 Å². The fourth-order valence-electron chi connectivity index (χ4n) is 2.31. The molecule has 2 nitrogen and oxygen atoms in total. The quantitative estimate of drug-likeness (QED) is 0.845. The first-order chi connectivity index (χ1) is 8.74. The van der Waals surface area contributed by atoms with E-state index < -0.39 is 0 Å². The lowest BCUT2D eigenvalue weighted by atomic mass is 10.1. The summed E-state index contributed by atoms with van der Waals surface area (Å²) in [5.74, 6) is 0. The van der Waals surface area contributed by atoms with Crippen LogP contribution in [0.1, 0.15) is 24.0 Å². The number of rotatable bonds is 4. The Hall–Kier alpha value is -1.48. The topological polar surface area (TPSA) is 29.3 Å². The van der Waals surface area contributed by atoms with E-state index in [4.69, 9.17) is 5.73 Å². The smallest absolute Gasteiger partial charge is 0.0605 e. The van der Waals surface area contributed by atoms with Crippen LogP contribution in [0.2, 0.25) is 0 Å². The molecule has 2 aromatic rings. The highest BCUT2D eigenvalue weighted by molar-refractivity contribution is 7.07. The first-order valence-electron chi connectivity index (χ1n) is 6.38. The number of nitrogens with two attached hydrogens (primary N) is 1. The summed E-state index contributed by atoms with van der Waals surface area (Å²) >= 11 is 1.76. The first-order valence-corrected chi connectivity index (χ1v) is 7.32. The molecule has 1 aliphatic carbocycles. The molecule has 0 bridgehead atoms. The van der Waals surface area contributed by atoms with Crippen LogP contribution in [0, 0.1) is 6.92 Å². The summed E-state index contributed by atoms with van der Waals surface area (Å²) in [6.07, 6.45) is 2.58. The van der Waals surface area contributed by atoms with Crippen molar-refractivity contribution in [3.05, 3.63) is 46.2 Å². The summed E-state index contributed by atoms with van der Waals surface area (Å²) in [4.78, 5) is 2.46. The van der Waals surface area contributed by atoms with Gasteiger partial charge in [0.1, 0.15) is 0 Å². The Bertz CT molecular complexity index is 529. The summed E-state index contributed by atoms with van der Waals surface area (Å²) < 4.78 is 0. The van der Waals surface area contributed by atoms with Gasteiger partial charge in [0.25, 0.3) is 0 Å². The van der Waals surface area contributed by atoms with E-state index in [9.17, 15) is 0 Å². The highest BCUT2D eigenvalue weighted by Crippen LogP contribution is 2.36. The lowest BCUT2D eigenvalue weighted by Gasteiger charge is -2.26. The molecule has 18 heavy (non-hydrogen) atoms. The molecule has 0 saturated heterocycles. The molecular formula is C15H18N2S. The van der Waals surface area contributed by atoms with Gasteiger partial charge < -0.3 is 10.6 Å². The Morgan fingerprint density at radius 3 is 2.78 bits per heavy atom. The van der Waals surface area contributed by atoms with Gasteiger partial charge in [0.15, 0.2) is 0 Å². The van der Waals surface area contributed by atoms with Gasteiger partial charge in [-0.2, -0.15) is 11.3 Å². The minimum atomic E-state index is 0.676. The molecule has 1 aromatic carbocycles. The largest absolute Gasteiger partial charge is 0.397 e. The number of thiophene rings is 1. The maximum atomic E-state index is 6.18. The van der Waals surface area contributed by atoms with Crippen molar-refractivity contribution >= 4 is 22.7 Å². The second-order valence-electron chi connectivity index (χ2n) is 5.05. The van der Waals surface area contributed by atoms with E-state index in [1.165, 1.54) is 29.7 Å². The number of anilines is 2. The highest BCUT2D eigenvalue weighted by Gasteiger charge is 2.30. The minimum Gasteiger partial charge on any atom is -0.397 e. The van der Waals surface area contributed by atoms with Crippen molar-refractivity contribution in [3.8, 4) is 0 Å². The van der Waals surface area contributed by atoms with Gasteiger partial charge in [0, 0.05) is 12.6 Å². The van der Waals surface area contributed by atoms with E-state index in [1.807, 2.05) is 0 Å². The van der Waals surface area contributed by atoms with Crippen molar-refractivity contribution in [2.75, 3.05) is 10.6 Å². The van der Waals surface area contributed by atoms with Crippen LogP contribution in [0.5, 0.6) is 0 Å². The van der Waals surface area contributed by atoms with Crippen LogP contribution in [0.15, 0.2) is 35.0 Å². The highest BCUT2D eigenvalue weighted by atomic mass is 32.1. The van der Waals surface area contributed by atoms with E-state index >= 15 is 0 Å². The Morgan fingerprint density at radius 2 is 2.17 bits per heavy atom. The summed E-state index contributed by atoms with van der Waals surface area (Å²) in [6, 6.07) is 9.25. The normalized spacial score (nSPS) is 14.7. The predicted octanol–water partition coefficient (Wildman–Crippen LogP) is 3.81. The van der Waals surface area contributed by atoms with Crippen LogP contribution in [0.4, 0.5) is 11.4 Å². The van der Waals surface area contributed by atoms with Gasteiger partial charge >= 0.3 is 0 Å². The Kier molecular flexibility index (Phi) is 3.00. The number of nitrogens with zero attached hydrogens (tertiary/aromatic N) is 1. The van der Waals surface area contributed by atoms with Gasteiger partial charge in [0.05, 0.1) is 11.4 Å². The second kappa shape index (κ2) is 4.65. The zero-order valence-corrected chi connectivity index (χ0v) is 11.4. The number of benzene rings is 1. The number of nitrogen functional groups attached to an aromatic ring is 1. The molecule has 94 valence electrons. The third-order valence-electron chi connectivity index (χ3n) is 3.41. The van der Waals surface area contributed by atoms with Gasteiger partial charge in [-0.25, -0.2) is 0 Å². The molecule has 0 unspecified atom stereocenters. The van der Waals surface area contributed by atoms with Crippen LogP contribution in [-0.4, -0.2) is 6.04 Å². The van der Waals surface area contributed by atoms with E-state index in [2.05, 4.69) is 46.8 Å². The first kappa shape index (κ1) is 11.6. The SMILES string of the molecule is Cc1ccc(N(Cc2ccsc2)C2CC2)c(N)c1. The van der Waals surface area contributed by atoms with Crippen LogP contribution in [-0.2, 0) is 6.54 Å². The molecule has 3 rings (SSSR count).